The molecular weight excluding hydrogens is 376 g/mol. The number of ether oxygens (including phenoxy) is 3. The molecule has 3 rings (SSSR count). The third kappa shape index (κ3) is 5.04. The van der Waals surface area contributed by atoms with Gasteiger partial charge >= 0.3 is 5.97 Å². The number of carbonyl (C=O) groups is 1. The molecule has 1 aromatic carbocycles. The highest BCUT2D eigenvalue weighted by Gasteiger charge is 2.22. The van der Waals surface area contributed by atoms with Crippen molar-refractivity contribution in [3.05, 3.63) is 45.6 Å². The number of benzene rings is 1. The molecule has 0 N–H and O–H groups in total. The van der Waals surface area contributed by atoms with Crippen molar-refractivity contribution >= 4 is 17.3 Å². The Bertz CT molecular complexity index is 779. The van der Waals surface area contributed by atoms with E-state index >= 15 is 0 Å². The van der Waals surface area contributed by atoms with E-state index < -0.39 is 0 Å². The average molecular weight is 405 g/mol. The summed E-state index contributed by atoms with van der Waals surface area (Å²) in [5, 5.41) is 4.34. The van der Waals surface area contributed by atoms with Crippen LogP contribution in [0.5, 0.6) is 11.5 Å². The summed E-state index contributed by atoms with van der Waals surface area (Å²) in [5.41, 5.74) is 2.72. The summed E-state index contributed by atoms with van der Waals surface area (Å²) in [6.07, 6.45) is 1.09. The lowest BCUT2D eigenvalue weighted by molar-refractivity contribution is 0.0597. The first-order valence-electron chi connectivity index (χ1n) is 9.43. The maximum absolute atomic E-state index is 12.4. The number of methoxy groups -OCH3 is 3. The number of thiophene rings is 1. The van der Waals surface area contributed by atoms with Crippen LogP contribution in [0, 0.1) is 0 Å². The third-order valence-electron chi connectivity index (χ3n) is 5.09. The summed E-state index contributed by atoms with van der Waals surface area (Å²) in [5.74, 6) is 0.860. The van der Waals surface area contributed by atoms with Gasteiger partial charge in [0.05, 0.1) is 26.9 Å². The Kier molecular flexibility index (Phi) is 7.30. The Balaban J connectivity index is 1.74. The molecule has 2 aromatic rings. The zero-order chi connectivity index (χ0) is 19.9. The van der Waals surface area contributed by atoms with Gasteiger partial charge in [-0.15, -0.1) is 0 Å². The molecule has 0 atom stereocenters. The van der Waals surface area contributed by atoms with E-state index in [4.69, 9.17) is 14.2 Å². The van der Waals surface area contributed by atoms with Crippen molar-refractivity contribution in [3.63, 3.8) is 0 Å². The van der Waals surface area contributed by atoms with Gasteiger partial charge in [-0.1, -0.05) is 0 Å². The number of hydrogen-bond acceptors (Lipinski definition) is 7. The van der Waals surface area contributed by atoms with E-state index in [0.717, 1.165) is 44.7 Å². The fraction of sp³-hybridized carbons (Fsp3) is 0.476. The molecule has 1 aliphatic heterocycles. The van der Waals surface area contributed by atoms with Gasteiger partial charge in [0.1, 0.15) is 11.5 Å². The van der Waals surface area contributed by atoms with E-state index in [2.05, 4.69) is 26.6 Å². The summed E-state index contributed by atoms with van der Waals surface area (Å²) in [6.45, 7) is 5.65. The van der Waals surface area contributed by atoms with Crippen molar-refractivity contribution in [2.45, 2.75) is 19.5 Å². The van der Waals surface area contributed by atoms with Crippen molar-refractivity contribution in [2.75, 3.05) is 47.5 Å². The fourth-order valence-electron chi connectivity index (χ4n) is 3.58. The number of carbonyl (C=O) groups excluding carboxylic acids is 1. The van der Waals surface area contributed by atoms with Crippen LogP contribution < -0.4 is 9.47 Å². The summed E-state index contributed by atoms with van der Waals surface area (Å²) >= 11 is 1.74. The van der Waals surface area contributed by atoms with Gasteiger partial charge in [-0.3, -0.25) is 9.80 Å². The first kappa shape index (κ1) is 20.6. The number of rotatable bonds is 7. The largest absolute Gasteiger partial charge is 0.497 e. The molecule has 1 aliphatic rings. The summed E-state index contributed by atoms with van der Waals surface area (Å²) < 4.78 is 15.9. The molecule has 0 radical (unpaired) electrons. The zero-order valence-corrected chi connectivity index (χ0v) is 17.6. The van der Waals surface area contributed by atoms with Crippen LogP contribution in [0.2, 0.25) is 0 Å². The van der Waals surface area contributed by atoms with Gasteiger partial charge in [-0.05, 0) is 48.0 Å². The summed E-state index contributed by atoms with van der Waals surface area (Å²) in [7, 11) is 4.59. The Labute approximate surface area is 170 Å². The van der Waals surface area contributed by atoms with Crippen LogP contribution >= 0.6 is 11.3 Å². The van der Waals surface area contributed by atoms with Crippen LogP contribution in [0.25, 0.3) is 0 Å². The van der Waals surface area contributed by atoms with Gasteiger partial charge in [0.25, 0.3) is 0 Å². The van der Waals surface area contributed by atoms with Gasteiger partial charge in [-0.25, -0.2) is 4.79 Å². The lowest BCUT2D eigenvalue weighted by Gasteiger charge is -2.24. The van der Waals surface area contributed by atoms with Crippen molar-refractivity contribution in [1.29, 1.82) is 0 Å². The van der Waals surface area contributed by atoms with Gasteiger partial charge in [0.15, 0.2) is 0 Å². The van der Waals surface area contributed by atoms with Gasteiger partial charge in [-0.2, -0.15) is 11.3 Å². The molecule has 0 bridgehead atoms. The van der Waals surface area contributed by atoms with E-state index in [-0.39, 0.29) is 5.97 Å². The van der Waals surface area contributed by atoms with Crippen LogP contribution in [0.4, 0.5) is 0 Å². The standard InChI is InChI=1S/C21H28N2O4S/c1-25-17-11-18(21(24)27-3)19(20(12-17)26-2)14-23-7-4-6-22(8-9-23)13-16-5-10-28-15-16/h5,10-12,15H,4,6-9,13-14H2,1-3H3. The van der Waals surface area contributed by atoms with E-state index in [1.54, 1.807) is 31.6 Å². The second-order valence-corrected chi connectivity index (χ2v) is 7.66. The molecule has 0 unspecified atom stereocenters. The number of nitrogens with zero attached hydrogens (tertiary/aromatic N) is 2. The lowest BCUT2D eigenvalue weighted by Crippen LogP contribution is -2.30. The smallest absolute Gasteiger partial charge is 0.338 e. The Morgan fingerprint density at radius 1 is 1.04 bits per heavy atom. The van der Waals surface area contributed by atoms with Crippen LogP contribution in [0.3, 0.4) is 0 Å². The molecule has 0 aliphatic carbocycles. The number of esters is 1. The highest BCUT2D eigenvalue weighted by atomic mass is 32.1. The number of hydrogen-bond donors (Lipinski definition) is 0. The van der Waals surface area contributed by atoms with Gasteiger partial charge in [0.2, 0.25) is 0 Å². The highest BCUT2D eigenvalue weighted by Crippen LogP contribution is 2.31. The predicted molar refractivity (Wildman–Crippen MR) is 110 cm³/mol. The molecule has 0 amide bonds. The average Bonchev–Trinajstić information content (AvgIpc) is 3.13. The molecule has 1 fully saturated rings. The monoisotopic (exact) mass is 404 g/mol. The SMILES string of the molecule is COC(=O)c1cc(OC)cc(OC)c1CN1CCCN(Cc2ccsc2)CC1. The topological polar surface area (TPSA) is 51.2 Å². The van der Waals surface area contributed by atoms with Gasteiger partial charge in [0, 0.05) is 37.8 Å². The minimum atomic E-state index is -0.374. The van der Waals surface area contributed by atoms with Crippen LogP contribution in [-0.2, 0) is 17.8 Å². The molecule has 0 saturated carbocycles. The molecule has 1 aromatic heterocycles. The Morgan fingerprint density at radius 2 is 1.79 bits per heavy atom. The first-order valence-corrected chi connectivity index (χ1v) is 10.4. The van der Waals surface area contributed by atoms with E-state index in [9.17, 15) is 4.79 Å². The molecular formula is C21H28N2O4S. The van der Waals surface area contributed by atoms with Crippen LogP contribution in [0.1, 0.15) is 27.9 Å². The summed E-state index contributed by atoms with van der Waals surface area (Å²) in [6, 6.07) is 5.74. The molecule has 28 heavy (non-hydrogen) atoms. The normalized spacial score (nSPS) is 15.8. The minimum absolute atomic E-state index is 0.374. The van der Waals surface area contributed by atoms with Gasteiger partial charge < -0.3 is 14.2 Å². The predicted octanol–water partition coefficient (Wildman–Crippen LogP) is 3.26. The molecule has 6 nitrogen and oxygen atoms in total. The van der Waals surface area contributed by atoms with Crippen molar-refractivity contribution in [3.8, 4) is 11.5 Å². The highest BCUT2D eigenvalue weighted by molar-refractivity contribution is 7.07. The maximum Gasteiger partial charge on any atom is 0.338 e. The van der Waals surface area contributed by atoms with E-state index in [1.807, 2.05) is 6.07 Å². The molecule has 152 valence electrons. The molecule has 1 saturated heterocycles. The van der Waals surface area contributed by atoms with Crippen LogP contribution in [0.15, 0.2) is 29.0 Å². The Hall–Kier alpha value is -2.09. The van der Waals surface area contributed by atoms with Crippen molar-refractivity contribution in [1.82, 2.24) is 9.80 Å². The van der Waals surface area contributed by atoms with Crippen molar-refractivity contribution in [2.24, 2.45) is 0 Å². The quantitative estimate of drug-likeness (QED) is 0.661. The molecule has 0 spiro atoms. The zero-order valence-electron chi connectivity index (χ0n) is 16.8. The second-order valence-electron chi connectivity index (χ2n) is 6.88. The van der Waals surface area contributed by atoms with Crippen LogP contribution in [-0.4, -0.2) is 63.3 Å². The summed E-state index contributed by atoms with van der Waals surface area (Å²) in [4.78, 5) is 17.2. The maximum atomic E-state index is 12.4. The van der Waals surface area contributed by atoms with E-state index in [0.29, 0.717) is 23.6 Å². The van der Waals surface area contributed by atoms with E-state index in [1.165, 1.54) is 12.7 Å². The molecule has 2 heterocycles. The Morgan fingerprint density at radius 3 is 2.39 bits per heavy atom. The fourth-order valence-corrected chi connectivity index (χ4v) is 4.24. The molecule has 7 heteroatoms. The van der Waals surface area contributed by atoms with Crippen molar-refractivity contribution < 1.29 is 19.0 Å². The lowest BCUT2D eigenvalue weighted by atomic mass is 10.0. The minimum Gasteiger partial charge on any atom is -0.497 e. The second kappa shape index (κ2) is 9.91. The first-order chi connectivity index (χ1) is 13.6. The third-order valence-corrected chi connectivity index (χ3v) is 5.82.